The summed E-state index contributed by atoms with van der Waals surface area (Å²) in [7, 11) is -3.35. The number of hydrogen-bond acceptors (Lipinski definition) is 3. The Balaban J connectivity index is 1.72. The second-order valence-corrected chi connectivity index (χ2v) is 8.59. The van der Waals surface area contributed by atoms with E-state index < -0.39 is 10.2 Å². The van der Waals surface area contributed by atoms with Crippen molar-refractivity contribution in [2.75, 3.05) is 32.7 Å². The summed E-state index contributed by atoms with van der Waals surface area (Å²) in [5.41, 5.74) is 1.20. The van der Waals surface area contributed by atoms with Crippen molar-refractivity contribution < 1.29 is 8.42 Å². The van der Waals surface area contributed by atoms with Crippen LogP contribution >= 0.6 is 0 Å². The summed E-state index contributed by atoms with van der Waals surface area (Å²) in [6, 6.07) is 10.4. The Kier molecular flexibility index (Phi) is 6.27. The molecule has 1 N–H and O–H groups in total. The fourth-order valence-electron chi connectivity index (χ4n) is 3.74. The van der Waals surface area contributed by atoms with E-state index in [0.29, 0.717) is 19.6 Å². The summed E-state index contributed by atoms with van der Waals surface area (Å²) in [6.45, 7) is 3.84. The Morgan fingerprint density at radius 2 is 1.46 bits per heavy atom. The first kappa shape index (κ1) is 17.9. The van der Waals surface area contributed by atoms with E-state index in [4.69, 9.17) is 0 Å². The standard InChI is InChI=1S/C18H29N3O2S/c22-24(23,21-14-8-9-15-21)19-16-18(17-10-4-3-5-11-17)20-12-6-1-2-7-13-20/h3-5,10-11,18-19H,1-2,6-9,12-16H2/t18-/m1/s1. The van der Waals surface area contributed by atoms with Crippen molar-refractivity contribution in [3.05, 3.63) is 35.9 Å². The van der Waals surface area contributed by atoms with Crippen LogP contribution in [0.5, 0.6) is 0 Å². The summed E-state index contributed by atoms with van der Waals surface area (Å²) < 4.78 is 29.5. The first-order chi connectivity index (χ1) is 11.7. The highest BCUT2D eigenvalue weighted by Gasteiger charge is 2.28. The second kappa shape index (κ2) is 8.43. The highest BCUT2D eigenvalue weighted by Crippen LogP contribution is 2.24. The molecule has 1 atom stereocenters. The van der Waals surface area contributed by atoms with Crippen LogP contribution in [0.25, 0.3) is 0 Å². The van der Waals surface area contributed by atoms with E-state index in [1.807, 2.05) is 18.2 Å². The smallest absolute Gasteiger partial charge is 0.279 e. The van der Waals surface area contributed by atoms with Gasteiger partial charge in [-0.1, -0.05) is 43.2 Å². The molecule has 0 bridgehead atoms. The molecule has 134 valence electrons. The van der Waals surface area contributed by atoms with Crippen molar-refractivity contribution >= 4 is 10.2 Å². The molecule has 3 rings (SSSR count). The molecule has 2 aliphatic rings. The van der Waals surface area contributed by atoms with Gasteiger partial charge in [-0.05, 0) is 44.3 Å². The molecule has 2 fully saturated rings. The van der Waals surface area contributed by atoms with Crippen LogP contribution in [-0.2, 0) is 10.2 Å². The van der Waals surface area contributed by atoms with Gasteiger partial charge in [-0.2, -0.15) is 12.7 Å². The molecule has 0 spiro atoms. The number of nitrogens with one attached hydrogen (secondary N) is 1. The monoisotopic (exact) mass is 351 g/mol. The van der Waals surface area contributed by atoms with E-state index in [1.165, 1.54) is 31.2 Å². The zero-order valence-corrected chi connectivity index (χ0v) is 15.2. The maximum Gasteiger partial charge on any atom is 0.279 e. The Morgan fingerprint density at radius 1 is 0.875 bits per heavy atom. The number of likely N-dealkylation sites (tertiary alicyclic amines) is 1. The normalized spacial score (nSPS) is 22.3. The minimum Gasteiger partial charge on any atom is -0.295 e. The second-order valence-electron chi connectivity index (χ2n) is 6.84. The summed E-state index contributed by atoms with van der Waals surface area (Å²) in [4.78, 5) is 2.45. The maximum absolute atomic E-state index is 12.5. The van der Waals surface area contributed by atoms with Crippen molar-refractivity contribution in [2.45, 2.75) is 44.6 Å². The molecule has 6 heteroatoms. The van der Waals surface area contributed by atoms with Crippen LogP contribution in [0.1, 0.15) is 50.1 Å². The molecule has 0 aliphatic carbocycles. The molecule has 5 nitrogen and oxygen atoms in total. The lowest BCUT2D eigenvalue weighted by Crippen LogP contribution is -2.44. The van der Waals surface area contributed by atoms with Crippen LogP contribution in [0.4, 0.5) is 0 Å². The molecule has 0 unspecified atom stereocenters. The minimum atomic E-state index is -3.35. The summed E-state index contributed by atoms with van der Waals surface area (Å²) in [5.74, 6) is 0. The first-order valence-corrected chi connectivity index (χ1v) is 10.6. The van der Waals surface area contributed by atoms with Gasteiger partial charge < -0.3 is 0 Å². The lowest BCUT2D eigenvalue weighted by molar-refractivity contribution is 0.205. The topological polar surface area (TPSA) is 52.7 Å². The molecule has 0 saturated carbocycles. The number of benzene rings is 1. The van der Waals surface area contributed by atoms with Gasteiger partial charge in [0.1, 0.15) is 0 Å². The van der Waals surface area contributed by atoms with E-state index in [2.05, 4.69) is 21.8 Å². The fraction of sp³-hybridized carbons (Fsp3) is 0.667. The molecular formula is C18H29N3O2S. The lowest BCUT2D eigenvalue weighted by Gasteiger charge is -2.31. The van der Waals surface area contributed by atoms with E-state index in [-0.39, 0.29) is 6.04 Å². The first-order valence-electron chi connectivity index (χ1n) is 9.20. The van der Waals surface area contributed by atoms with Crippen molar-refractivity contribution in [2.24, 2.45) is 0 Å². The number of rotatable bonds is 6. The van der Waals surface area contributed by atoms with Crippen LogP contribution < -0.4 is 4.72 Å². The van der Waals surface area contributed by atoms with Gasteiger partial charge in [0, 0.05) is 25.7 Å². The predicted molar refractivity (Wildman–Crippen MR) is 97.0 cm³/mol. The molecule has 24 heavy (non-hydrogen) atoms. The van der Waals surface area contributed by atoms with Gasteiger partial charge in [0.05, 0.1) is 0 Å². The third-order valence-electron chi connectivity index (χ3n) is 5.13. The SMILES string of the molecule is O=S(=O)(NC[C@H](c1ccccc1)N1CCCCCC1)N1CCCC1. The van der Waals surface area contributed by atoms with Gasteiger partial charge >= 0.3 is 0 Å². The summed E-state index contributed by atoms with van der Waals surface area (Å²) in [5, 5.41) is 0. The quantitative estimate of drug-likeness (QED) is 0.857. The Bertz CT molecular complexity index is 592. The highest BCUT2D eigenvalue weighted by atomic mass is 32.2. The van der Waals surface area contributed by atoms with E-state index in [1.54, 1.807) is 4.31 Å². The summed E-state index contributed by atoms with van der Waals surface area (Å²) in [6.07, 6.45) is 6.88. The zero-order chi connectivity index (χ0) is 16.8. The van der Waals surface area contributed by atoms with Gasteiger partial charge in [0.2, 0.25) is 0 Å². The van der Waals surface area contributed by atoms with Gasteiger partial charge in [-0.15, -0.1) is 0 Å². The van der Waals surface area contributed by atoms with Crippen molar-refractivity contribution in [3.8, 4) is 0 Å². The van der Waals surface area contributed by atoms with Crippen molar-refractivity contribution in [1.82, 2.24) is 13.9 Å². The van der Waals surface area contributed by atoms with Crippen LogP contribution in [0.2, 0.25) is 0 Å². The molecule has 2 saturated heterocycles. The third kappa shape index (κ3) is 4.57. The van der Waals surface area contributed by atoms with Crippen LogP contribution in [0, 0.1) is 0 Å². The maximum atomic E-state index is 12.5. The lowest BCUT2D eigenvalue weighted by atomic mass is 10.1. The van der Waals surface area contributed by atoms with Crippen molar-refractivity contribution in [1.29, 1.82) is 0 Å². The molecule has 0 aromatic heterocycles. The number of hydrogen-bond donors (Lipinski definition) is 1. The van der Waals surface area contributed by atoms with Crippen molar-refractivity contribution in [3.63, 3.8) is 0 Å². The largest absolute Gasteiger partial charge is 0.295 e. The van der Waals surface area contributed by atoms with E-state index in [0.717, 1.165) is 25.9 Å². The molecule has 1 aromatic carbocycles. The van der Waals surface area contributed by atoms with Gasteiger partial charge in [-0.3, -0.25) is 4.90 Å². The average molecular weight is 352 g/mol. The Hall–Kier alpha value is -0.950. The van der Waals surface area contributed by atoms with Gasteiger partial charge in [0.25, 0.3) is 10.2 Å². The highest BCUT2D eigenvalue weighted by molar-refractivity contribution is 7.87. The van der Waals surface area contributed by atoms with Crippen LogP contribution in [-0.4, -0.2) is 50.3 Å². The molecular weight excluding hydrogens is 322 g/mol. The van der Waals surface area contributed by atoms with Gasteiger partial charge in [0.15, 0.2) is 0 Å². The minimum absolute atomic E-state index is 0.113. The van der Waals surface area contributed by atoms with Crippen LogP contribution in [0.3, 0.4) is 0 Å². The zero-order valence-electron chi connectivity index (χ0n) is 14.4. The molecule has 0 radical (unpaired) electrons. The Labute approximate surface area is 146 Å². The Morgan fingerprint density at radius 3 is 2.08 bits per heavy atom. The third-order valence-corrected chi connectivity index (χ3v) is 6.71. The van der Waals surface area contributed by atoms with Gasteiger partial charge in [-0.25, -0.2) is 4.72 Å². The van der Waals surface area contributed by atoms with E-state index >= 15 is 0 Å². The molecule has 2 aliphatic heterocycles. The number of nitrogens with zero attached hydrogens (tertiary/aromatic N) is 2. The average Bonchev–Trinajstić information content (AvgIpc) is 3.02. The molecule has 1 aromatic rings. The fourth-order valence-corrected chi connectivity index (χ4v) is 5.03. The molecule has 2 heterocycles. The van der Waals surface area contributed by atoms with Crippen LogP contribution in [0.15, 0.2) is 30.3 Å². The van der Waals surface area contributed by atoms with E-state index in [9.17, 15) is 8.42 Å². The summed E-state index contributed by atoms with van der Waals surface area (Å²) >= 11 is 0. The molecule has 0 amide bonds. The predicted octanol–water partition coefficient (Wildman–Crippen LogP) is 2.53.